The molecule has 1 unspecified atom stereocenters. The maximum absolute atomic E-state index is 4.99. The fraction of sp³-hybridized carbons (Fsp3) is 0.706. The lowest BCUT2D eigenvalue weighted by Gasteiger charge is -2.30. The van der Waals surface area contributed by atoms with Gasteiger partial charge in [0.15, 0.2) is 0 Å². The van der Waals surface area contributed by atoms with E-state index in [0.29, 0.717) is 5.41 Å². The quantitative estimate of drug-likeness (QED) is 0.754. The van der Waals surface area contributed by atoms with Gasteiger partial charge in [0.05, 0.1) is 0 Å². The second kappa shape index (κ2) is 4.08. The van der Waals surface area contributed by atoms with Gasteiger partial charge in [-0.25, -0.2) is 0 Å². The van der Waals surface area contributed by atoms with Crippen LogP contribution in [0.2, 0.25) is 0 Å². The van der Waals surface area contributed by atoms with Crippen molar-refractivity contribution < 1.29 is 0 Å². The van der Waals surface area contributed by atoms with Crippen LogP contribution in [0.15, 0.2) is 0 Å². The van der Waals surface area contributed by atoms with Crippen LogP contribution in [0.1, 0.15) is 81.0 Å². The lowest BCUT2D eigenvalue weighted by Crippen LogP contribution is -2.22. The van der Waals surface area contributed by atoms with E-state index >= 15 is 0 Å². The molecule has 0 N–H and O–H groups in total. The van der Waals surface area contributed by atoms with E-state index < -0.39 is 0 Å². The number of hydrogen-bond donors (Lipinski definition) is 0. The van der Waals surface area contributed by atoms with Gasteiger partial charge in [0, 0.05) is 11.4 Å². The third-order valence-electron chi connectivity index (χ3n) is 5.21. The van der Waals surface area contributed by atoms with Crippen LogP contribution in [-0.2, 0) is 24.7 Å². The van der Waals surface area contributed by atoms with Gasteiger partial charge in [-0.15, -0.1) is 0 Å². The zero-order valence-corrected chi connectivity index (χ0v) is 12.3. The van der Waals surface area contributed by atoms with Crippen molar-refractivity contribution in [2.24, 2.45) is 0 Å². The molecule has 0 amide bonds. The van der Waals surface area contributed by atoms with E-state index in [2.05, 4.69) is 27.7 Å². The van der Waals surface area contributed by atoms with Crippen LogP contribution in [0.25, 0.3) is 0 Å². The second-order valence-corrected chi connectivity index (χ2v) is 6.80. The lowest BCUT2D eigenvalue weighted by molar-refractivity contribution is 0.492. The Kier molecular flexibility index (Phi) is 2.76. The third kappa shape index (κ3) is 1.63. The molecule has 0 saturated carbocycles. The van der Waals surface area contributed by atoms with Crippen molar-refractivity contribution in [3.63, 3.8) is 0 Å². The molecule has 0 aliphatic heterocycles. The van der Waals surface area contributed by atoms with Crippen molar-refractivity contribution in [1.29, 1.82) is 0 Å². The van der Waals surface area contributed by atoms with Gasteiger partial charge in [0.1, 0.15) is 0 Å². The highest BCUT2D eigenvalue weighted by atomic mass is 14.7. The summed E-state index contributed by atoms with van der Waals surface area (Å²) in [6, 6.07) is 0. The minimum absolute atomic E-state index is 0.319. The van der Waals surface area contributed by atoms with Gasteiger partial charge >= 0.3 is 0 Å². The Morgan fingerprint density at radius 2 is 1.94 bits per heavy atom. The highest BCUT2D eigenvalue weighted by Crippen LogP contribution is 2.44. The minimum Gasteiger partial charge on any atom is -0.257 e. The van der Waals surface area contributed by atoms with Crippen LogP contribution >= 0.6 is 0 Å². The molecule has 1 atom stereocenters. The van der Waals surface area contributed by atoms with Gasteiger partial charge < -0.3 is 0 Å². The number of fused-ring (bicyclic) bond motifs is 2. The van der Waals surface area contributed by atoms with Crippen LogP contribution in [0.3, 0.4) is 0 Å². The average Bonchev–Trinajstić information content (AvgIpc) is 2.93. The molecule has 98 valence electrons. The van der Waals surface area contributed by atoms with Gasteiger partial charge in [-0.3, -0.25) is 4.98 Å². The average molecular weight is 243 g/mol. The maximum atomic E-state index is 4.99. The summed E-state index contributed by atoms with van der Waals surface area (Å²) in [4.78, 5) is 4.99. The fourth-order valence-electron chi connectivity index (χ4n) is 3.82. The first kappa shape index (κ1) is 12.2. The maximum Gasteiger partial charge on any atom is 0.0444 e. The minimum atomic E-state index is 0.319. The highest BCUT2D eigenvalue weighted by Gasteiger charge is 2.35. The molecule has 1 heterocycles. The molecule has 2 aliphatic carbocycles. The van der Waals surface area contributed by atoms with Gasteiger partial charge in [-0.05, 0) is 66.5 Å². The summed E-state index contributed by atoms with van der Waals surface area (Å²) >= 11 is 0. The molecule has 0 radical (unpaired) electrons. The van der Waals surface area contributed by atoms with Gasteiger partial charge in [-0.2, -0.15) is 0 Å². The van der Waals surface area contributed by atoms with Crippen molar-refractivity contribution in [3.8, 4) is 0 Å². The largest absolute Gasteiger partial charge is 0.257 e. The molecule has 1 aromatic heterocycles. The first-order chi connectivity index (χ1) is 8.54. The molecule has 1 heteroatoms. The molecule has 1 aromatic rings. The van der Waals surface area contributed by atoms with E-state index in [0.717, 1.165) is 5.92 Å². The number of nitrogens with zero attached hydrogens (tertiary/aromatic N) is 1. The zero-order valence-electron chi connectivity index (χ0n) is 12.3. The Balaban J connectivity index is 2.28. The summed E-state index contributed by atoms with van der Waals surface area (Å²) in [7, 11) is 0. The van der Waals surface area contributed by atoms with E-state index in [1.807, 2.05) is 0 Å². The zero-order chi connectivity index (χ0) is 12.9. The Hall–Kier alpha value is -0.850. The van der Waals surface area contributed by atoms with Crippen LogP contribution in [0, 0.1) is 0 Å². The monoisotopic (exact) mass is 243 g/mol. The number of pyridine rings is 1. The summed E-state index contributed by atoms with van der Waals surface area (Å²) in [5.41, 5.74) is 8.11. The van der Waals surface area contributed by atoms with Crippen molar-refractivity contribution in [3.05, 3.63) is 28.1 Å². The number of aromatic nitrogens is 1. The highest BCUT2D eigenvalue weighted by molar-refractivity contribution is 5.50. The van der Waals surface area contributed by atoms with Crippen LogP contribution in [0.5, 0.6) is 0 Å². The van der Waals surface area contributed by atoms with Gasteiger partial charge in [0.25, 0.3) is 0 Å². The number of rotatable bonds is 2. The Labute approximate surface area is 111 Å². The van der Waals surface area contributed by atoms with Crippen LogP contribution < -0.4 is 0 Å². The van der Waals surface area contributed by atoms with Gasteiger partial charge in [-0.1, -0.05) is 27.7 Å². The number of aryl methyl sites for hydroxylation is 2. The Bertz CT molecular complexity index is 485. The summed E-state index contributed by atoms with van der Waals surface area (Å²) in [6.45, 7) is 9.57. The fourth-order valence-corrected chi connectivity index (χ4v) is 3.82. The molecular weight excluding hydrogens is 218 g/mol. The molecule has 1 nitrogen and oxygen atoms in total. The molecule has 0 spiro atoms. The lowest BCUT2D eigenvalue weighted by atomic mass is 9.75. The van der Waals surface area contributed by atoms with E-state index in [9.17, 15) is 0 Å². The summed E-state index contributed by atoms with van der Waals surface area (Å²) < 4.78 is 0. The Morgan fingerprint density at radius 1 is 1.17 bits per heavy atom. The van der Waals surface area contributed by atoms with E-state index in [4.69, 9.17) is 4.98 Å². The first-order valence-corrected chi connectivity index (χ1v) is 7.59. The first-order valence-electron chi connectivity index (χ1n) is 7.59. The molecule has 0 fully saturated rings. The van der Waals surface area contributed by atoms with Crippen molar-refractivity contribution in [2.45, 2.75) is 77.6 Å². The van der Waals surface area contributed by atoms with Crippen molar-refractivity contribution >= 4 is 0 Å². The van der Waals surface area contributed by atoms with Crippen LogP contribution in [-0.4, -0.2) is 4.98 Å². The van der Waals surface area contributed by atoms with E-state index in [1.165, 1.54) is 49.9 Å². The van der Waals surface area contributed by atoms with Crippen LogP contribution in [0.4, 0.5) is 0 Å². The van der Waals surface area contributed by atoms with Crippen molar-refractivity contribution in [2.75, 3.05) is 0 Å². The second-order valence-electron chi connectivity index (χ2n) is 6.80. The molecule has 0 aromatic carbocycles. The Morgan fingerprint density at radius 3 is 2.67 bits per heavy atom. The molecule has 0 bridgehead atoms. The van der Waals surface area contributed by atoms with Crippen molar-refractivity contribution in [1.82, 2.24) is 4.98 Å². The standard InChI is InChI=1S/C17H25N/c1-5-17(3,4)16-12-7-6-8-13(12)18-14-10-9-11(2)15(14)16/h11H,5-10H2,1-4H3. The summed E-state index contributed by atoms with van der Waals surface area (Å²) in [5, 5.41) is 0. The predicted molar refractivity (Wildman–Crippen MR) is 76.3 cm³/mol. The third-order valence-corrected chi connectivity index (χ3v) is 5.21. The topological polar surface area (TPSA) is 12.9 Å². The molecule has 0 saturated heterocycles. The smallest absolute Gasteiger partial charge is 0.0444 e. The SMILES string of the molecule is CCC(C)(C)c1c2c(nc3c1C(C)CC3)CCC2. The summed E-state index contributed by atoms with van der Waals surface area (Å²) in [5.74, 6) is 0.722. The molecular formula is C17H25N. The normalized spacial score (nSPS) is 22.1. The molecule has 2 aliphatic rings. The molecule has 18 heavy (non-hydrogen) atoms. The molecule has 3 rings (SSSR count). The summed E-state index contributed by atoms with van der Waals surface area (Å²) in [6.07, 6.45) is 7.52. The van der Waals surface area contributed by atoms with E-state index in [1.54, 1.807) is 16.7 Å². The van der Waals surface area contributed by atoms with Gasteiger partial charge in [0.2, 0.25) is 0 Å². The van der Waals surface area contributed by atoms with E-state index in [-0.39, 0.29) is 0 Å². The predicted octanol–water partition coefficient (Wildman–Crippen LogP) is 4.31. The number of hydrogen-bond acceptors (Lipinski definition) is 1.